The van der Waals surface area contributed by atoms with Crippen molar-refractivity contribution in [2.45, 2.75) is 0 Å². The standard InChI is InChI=1S/C16H10ClNO5/c17-8-1-3-9(4-2-8)23-10-5-6-11-12(7-10)15(20)18-13(14(11)19)16(21)22/h1-7,19H,(H,18,20)(H,21,22). The first-order valence-electron chi connectivity index (χ1n) is 6.51. The van der Waals surface area contributed by atoms with Crippen molar-refractivity contribution >= 4 is 28.3 Å². The molecule has 7 heteroatoms. The Morgan fingerprint density at radius 2 is 1.70 bits per heavy atom. The first-order chi connectivity index (χ1) is 11.0. The minimum absolute atomic E-state index is 0.124. The van der Waals surface area contributed by atoms with Gasteiger partial charge in [0.1, 0.15) is 11.5 Å². The van der Waals surface area contributed by atoms with Crippen LogP contribution in [-0.2, 0) is 0 Å². The van der Waals surface area contributed by atoms with Crippen molar-refractivity contribution in [1.82, 2.24) is 4.98 Å². The number of ether oxygens (including phenoxy) is 1. The lowest BCUT2D eigenvalue weighted by molar-refractivity contribution is 0.0687. The quantitative estimate of drug-likeness (QED) is 0.683. The lowest BCUT2D eigenvalue weighted by Gasteiger charge is -2.08. The van der Waals surface area contributed by atoms with Crippen LogP contribution in [0.4, 0.5) is 0 Å². The smallest absolute Gasteiger partial charge is 0.356 e. The van der Waals surface area contributed by atoms with E-state index in [1.807, 2.05) is 0 Å². The van der Waals surface area contributed by atoms with E-state index in [4.69, 9.17) is 21.4 Å². The third-order valence-corrected chi connectivity index (χ3v) is 3.48. The number of aromatic hydroxyl groups is 1. The number of aromatic nitrogens is 1. The monoisotopic (exact) mass is 331 g/mol. The normalized spacial score (nSPS) is 10.7. The number of carboxylic acid groups (broad SMARTS) is 1. The first kappa shape index (κ1) is 14.9. The number of carboxylic acids is 1. The third kappa shape index (κ3) is 2.84. The Hall–Kier alpha value is -2.99. The fourth-order valence-corrected chi connectivity index (χ4v) is 2.28. The van der Waals surface area contributed by atoms with E-state index in [1.54, 1.807) is 24.3 Å². The van der Waals surface area contributed by atoms with E-state index < -0.39 is 23.0 Å². The second kappa shape index (κ2) is 5.66. The van der Waals surface area contributed by atoms with Crippen LogP contribution in [0.2, 0.25) is 5.02 Å². The summed E-state index contributed by atoms with van der Waals surface area (Å²) in [4.78, 5) is 25.1. The lowest BCUT2D eigenvalue weighted by atomic mass is 10.1. The molecule has 0 radical (unpaired) electrons. The number of H-pyrrole nitrogens is 1. The van der Waals surface area contributed by atoms with Crippen LogP contribution in [0.5, 0.6) is 17.2 Å². The van der Waals surface area contributed by atoms with E-state index >= 15 is 0 Å². The number of fused-ring (bicyclic) bond motifs is 1. The molecule has 23 heavy (non-hydrogen) atoms. The molecule has 0 bridgehead atoms. The molecular formula is C16H10ClNO5. The number of benzene rings is 2. The maximum Gasteiger partial charge on any atom is 0.356 e. The van der Waals surface area contributed by atoms with Gasteiger partial charge in [0, 0.05) is 10.4 Å². The topological polar surface area (TPSA) is 99.6 Å². The Kier molecular flexibility index (Phi) is 3.67. The van der Waals surface area contributed by atoms with Crippen molar-refractivity contribution in [3.05, 3.63) is 63.5 Å². The molecule has 1 heterocycles. The predicted octanol–water partition coefficient (Wildman–Crippen LogP) is 3.38. The summed E-state index contributed by atoms with van der Waals surface area (Å²) >= 11 is 5.79. The van der Waals surface area contributed by atoms with Crippen LogP contribution in [0.3, 0.4) is 0 Å². The van der Waals surface area contributed by atoms with Gasteiger partial charge >= 0.3 is 5.97 Å². The second-order valence-corrected chi connectivity index (χ2v) is 5.18. The van der Waals surface area contributed by atoms with E-state index in [1.165, 1.54) is 18.2 Å². The van der Waals surface area contributed by atoms with Crippen molar-refractivity contribution in [3.8, 4) is 17.2 Å². The summed E-state index contributed by atoms with van der Waals surface area (Å²) < 4.78 is 5.60. The van der Waals surface area contributed by atoms with E-state index in [9.17, 15) is 14.7 Å². The molecule has 0 aliphatic carbocycles. The summed E-state index contributed by atoms with van der Waals surface area (Å²) in [5.74, 6) is -1.02. The summed E-state index contributed by atoms with van der Waals surface area (Å²) in [6, 6.07) is 11.0. The summed E-state index contributed by atoms with van der Waals surface area (Å²) in [5, 5.41) is 19.7. The Bertz CT molecular complexity index is 963. The molecule has 3 rings (SSSR count). The van der Waals surface area contributed by atoms with E-state index in [2.05, 4.69) is 4.98 Å². The van der Waals surface area contributed by atoms with Crippen LogP contribution in [0.1, 0.15) is 10.5 Å². The van der Waals surface area contributed by atoms with Gasteiger partial charge in [-0.1, -0.05) is 11.6 Å². The fraction of sp³-hybridized carbons (Fsp3) is 0. The highest BCUT2D eigenvalue weighted by atomic mass is 35.5. The van der Waals surface area contributed by atoms with Crippen LogP contribution < -0.4 is 10.3 Å². The summed E-state index contributed by atoms with van der Waals surface area (Å²) in [6.07, 6.45) is 0. The number of nitrogens with one attached hydrogen (secondary N) is 1. The van der Waals surface area contributed by atoms with Crippen LogP contribution >= 0.6 is 11.6 Å². The summed E-state index contributed by atoms with van der Waals surface area (Å²) in [6.45, 7) is 0. The van der Waals surface area contributed by atoms with Gasteiger partial charge in [-0.2, -0.15) is 0 Å². The molecule has 0 atom stereocenters. The molecular weight excluding hydrogens is 322 g/mol. The molecule has 0 fully saturated rings. The maximum atomic E-state index is 12.0. The molecule has 3 N–H and O–H groups in total. The van der Waals surface area contributed by atoms with Gasteiger partial charge in [-0.15, -0.1) is 0 Å². The Morgan fingerprint density at radius 3 is 2.35 bits per heavy atom. The zero-order valence-electron chi connectivity index (χ0n) is 11.5. The summed E-state index contributed by atoms with van der Waals surface area (Å²) in [7, 11) is 0. The number of carbonyl (C=O) groups is 1. The molecule has 0 saturated heterocycles. The maximum absolute atomic E-state index is 12.0. The van der Waals surface area contributed by atoms with E-state index in [0.29, 0.717) is 16.5 Å². The van der Waals surface area contributed by atoms with Gasteiger partial charge in [-0.3, -0.25) is 4.79 Å². The first-order valence-corrected chi connectivity index (χ1v) is 6.89. The molecule has 0 spiro atoms. The van der Waals surface area contributed by atoms with Crippen LogP contribution in [0, 0.1) is 0 Å². The minimum Gasteiger partial charge on any atom is -0.505 e. The zero-order chi connectivity index (χ0) is 16.6. The zero-order valence-corrected chi connectivity index (χ0v) is 12.3. The average molecular weight is 332 g/mol. The van der Waals surface area contributed by atoms with Crippen LogP contribution in [-0.4, -0.2) is 21.2 Å². The molecule has 0 aliphatic heterocycles. The van der Waals surface area contributed by atoms with Gasteiger partial charge in [-0.25, -0.2) is 4.79 Å². The Balaban J connectivity index is 2.07. The number of rotatable bonds is 3. The third-order valence-electron chi connectivity index (χ3n) is 3.23. The molecule has 0 unspecified atom stereocenters. The van der Waals surface area contributed by atoms with Gasteiger partial charge < -0.3 is 19.9 Å². The van der Waals surface area contributed by atoms with Crippen molar-refractivity contribution in [2.24, 2.45) is 0 Å². The van der Waals surface area contributed by atoms with Gasteiger partial charge in [0.15, 0.2) is 11.4 Å². The van der Waals surface area contributed by atoms with Crippen molar-refractivity contribution in [1.29, 1.82) is 0 Å². The van der Waals surface area contributed by atoms with Crippen LogP contribution in [0.25, 0.3) is 10.8 Å². The fourth-order valence-electron chi connectivity index (χ4n) is 2.15. The van der Waals surface area contributed by atoms with Gasteiger partial charge in [0.25, 0.3) is 5.56 Å². The van der Waals surface area contributed by atoms with Gasteiger partial charge in [0.2, 0.25) is 0 Å². The molecule has 3 aromatic rings. The minimum atomic E-state index is -1.41. The van der Waals surface area contributed by atoms with Crippen LogP contribution in [0.15, 0.2) is 47.3 Å². The van der Waals surface area contributed by atoms with Gasteiger partial charge in [-0.05, 0) is 42.5 Å². The SMILES string of the molecule is O=C(O)c1[nH]c(=O)c2cc(Oc3ccc(Cl)cc3)ccc2c1O. The molecule has 6 nitrogen and oxygen atoms in total. The number of aromatic carboxylic acids is 1. The highest BCUT2D eigenvalue weighted by molar-refractivity contribution is 6.30. The average Bonchev–Trinajstić information content (AvgIpc) is 2.53. The van der Waals surface area contributed by atoms with Gasteiger partial charge in [0.05, 0.1) is 5.39 Å². The molecule has 0 aliphatic rings. The number of pyridine rings is 1. The highest BCUT2D eigenvalue weighted by Gasteiger charge is 2.16. The Morgan fingerprint density at radius 1 is 1.04 bits per heavy atom. The lowest BCUT2D eigenvalue weighted by Crippen LogP contribution is -2.13. The van der Waals surface area contributed by atoms with Crippen molar-refractivity contribution in [2.75, 3.05) is 0 Å². The van der Waals surface area contributed by atoms with E-state index in [-0.39, 0.29) is 10.8 Å². The largest absolute Gasteiger partial charge is 0.505 e. The molecule has 116 valence electrons. The van der Waals surface area contributed by atoms with Crippen molar-refractivity contribution < 1.29 is 19.7 Å². The summed E-state index contributed by atoms with van der Waals surface area (Å²) in [5.41, 5.74) is -1.18. The number of halogens is 1. The molecule has 2 aromatic carbocycles. The Labute approximate surface area is 134 Å². The number of aromatic amines is 1. The van der Waals surface area contributed by atoms with E-state index in [0.717, 1.165) is 0 Å². The van der Waals surface area contributed by atoms with Crippen molar-refractivity contribution in [3.63, 3.8) is 0 Å². The number of hydrogen-bond donors (Lipinski definition) is 3. The second-order valence-electron chi connectivity index (χ2n) is 4.75. The predicted molar refractivity (Wildman–Crippen MR) is 84.7 cm³/mol. The highest BCUT2D eigenvalue weighted by Crippen LogP contribution is 2.30. The molecule has 1 aromatic heterocycles. The molecule has 0 amide bonds. The molecule has 0 saturated carbocycles. The number of hydrogen-bond acceptors (Lipinski definition) is 4.